The van der Waals surface area contributed by atoms with Crippen LogP contribution >= 0.6 is 0 Å². The van der Waals surface area contributed by atoms with Gasteiger partial charge in [-0.05, 0) is 115 Å². The molecule has 0 aliphatic carbocycles. The van der Waals surface area contributed by atoms with Crippen molar-refractivity contribution in [1.29, 1.82) is 21.0 Å². The van der Waals surface area contributed by atoms with Crippen molar-refractivity contribution in [2.45, 2.75) is 0 Å². The van der Waals surface area contributed by atoms with Gasteiger partial charge in [0.05, 0.1) is 85.7 Å². The summed E-state index contributed by atoms with van der Waals surface area (Å²) in [5.41, 5.74) is 13.6. The van der Waals surface area contributed by atoms with Crippen LogP contribution in [-0.2, 0) is 0 Å². The first-order chi connectivity index (χ1) is 31.5. The van der Waals surface area contributed by atoms with E-state index in [0.717, 1.165) is 94.2 Å². The zero-order chi connectivity index (χ0) is 43.3. The molecule has 0 spiro atoms. The van der Waals surface area contributed by atoms with Crippen LogP contribution in [0, 0.1) is 45.3 Å². The molecule has 8 aromatic carbocycles. The molecule has 0 bridgehead atoms. The van der Waals surface area contributed by atoms with Crippen molar-refractivity contribution >= 4 is 43.6 Å². The highest BCUT2D eigenvalue weighted by molar-refractivity contribution is 6.12. The first kappa shape index (κ1) is 37.4. The number of hydrogen-bond donors (Lipinski definition) is 0. The average molecular weight is 815 g/mol. The van der Waals surface area contributed by atoms with Crippen molar-refractivity contribution in [1.82, 2.24) is 19.1 Å². The molecule has 294 valence electrons. The van der Waals surface area contributed by atoms with E-state index in [4.69, 9.17) is 9.97 Å². The van der Waals surface area contributed by atoms with Gasteiger partial charge in [-0.3, -0.25) is 0 Å². The number of nitriles is 4. The Morgan fingerprint density at radius 1 is 0.344 bits per heavy atom. The van der Waals surface area contributed by atoms with E-state index in [1.54, 1.807) is 0 Å². The maximum atomic E-state index is 9.95. The van der Waals surface area contributed by atoms with Crippen LogP contribution in [-0.4, -0.2) is 19.1 Å². The van der Waals surface area contributed by atoms with Gasteiger partial charge in [-0.2, -0.15) is 21.0 Å². The van der Waals surface area contributed by atoms with Crippen LogP contribution in [0.5, 0.6) is 0 Å². The van der Waals surface area contributed by atoms with E-state index in [2.05, 4.69) is 94.1 Å². The highest BCUT2D eigenvalue weighted by atomic mass is 15.0. The maximum absolute atomic E-state index is 9.95. The van der Waals surface area contributed by atoms with Gasteiger partial charge in [0.25, 0.3) is 0 Å². The molecule has 11 aromatic rings. The summed E-state index contributed by atoms with van der Waals surface area (Å²) >= 11 is 0. The Balaban J connectivity index is 1.19. The summed E-state index contributed by atoms with van der Waals surface area (Å²) in [4.78, 5) is 10.4. The molecule has 0 atom stereocenters. The monoisotopic (exact) mass is 814 g/mol. The maximum Gasteiger partial charge on any atom is 0.160 e. The molecule has 11 rings (SSSR count). The van der Waals surface area contributed by atoms with Crippen molar-refractivity contribution in [2.24, 2.45) is 0 Å². The van der Waals surface area contributed by atoms with E-state index < -0.39 is 0 Å². The van der Waals surface area contributed by atoms with E-state index >= 15 is 0 Å². The van der Waals surface area contributed by atoms with Crippen molar-refractivity contribution in [3.63, 3.8) is 0 Å². The Morgan fingerprint density at radius 3 is 1.23 bits per heavy atom. The number of nitrogens with zero attached hydrogens (tertiary/aromatic N) is 8. The normalized spacial score (nSPS) is 11.1. The Bertz CT molecular complexity index is 3690. The summed E-state index contributed by atoms with van der Waals surface area (Å²) in [6, 6.07) is 68.7. The molecule has 0 unspecified atom stereocenters. The van der Waals surface area contributed by atoms with Gasteiger partial charge < -0.3 is 9.13 Å². The fourth-order valence-corrected chi connectivity index (χ4v) is 8.87. The van der Waals surface area contributed by atoms with Crippen LogP contribution < -0.4 is 0 Å². The van der Waals surface area contributed by atoms with Crippen LogP contribution in [0.15, 0.2) is 182 Å². The molecular formula is C56H30N8. The molecule has 0 amide bonds. The predicted molar refractivity (Wildman–Crippen MR) is 251 cm³/mol. The summed E-state index contributed by atoms with van der Waals surface area (Å²) in [5.74, 6) is 0.563. The molecule has 0 saturated heterocycles. The number of aromatic nitrogens is 4. The first-order valence-corrected chi connectivity index (χ1v) is 20.5. The van der Waals surface area contributed by atoms with Crippen LogP contribution in [0.2, 0.25) is 0 Å². The summed E-state index contributed by atoms with van der Waals surface area (Å²) in [6.45, 7) is 0. The Labute approximate surface area is 367 Å². The third-order valence-corrected chi connectivity index (χ3v) is 11.8. The highest BCUT2D eigenvalue weighted by Gasteiger charge is 2.21. The molecule has 0 fully saturated rings. The van der Waals surface area contributed by atoms with Crippen LogP contribution in [0.4, 0.5) is 0 Å². The molecule has 8 heteroatoms. The van der Waals surface area contributed by atoms with E-state index in [0.29, 0.717) is 28.1 Å². The molecule has 8 nitrogen and oxygen atoms in total. The Hall–Kier alpha value is -9.60. The van der Waals surface area contributed by atoms with Gasteiger partial charge in [-0.1, -0.05) is 72.8 Å². The molecule has 0 aliphatic rings. The predicted octanol–water partition coefficient (Wildman–Crippen LogP) is 12.8. The van der Waals surface area contributed by atoms with Crippen molar-refractivity contribution < 1.29 is 0 Å². The minimum Gasteiger partial charge on any atom is -0.309 e. The fraction of sp³-hybridized carbons (Fsp3) is 0. The van der Waals surface area contributed by atoms with Crippen LogP contribution in [0.1, 0.15) is 22.3 Å². The minimum atomic E-state index is 0.525. The standard InChI is InChI=1S/C56H30N8/c57-31-35-14-19-52-45(24-35)46-25-36(32-58)15-20-53(46)63(52)43-13-7-12-41(28-43)44-29-42(56-61-49(39-8-3-1-4-9-39)30-50(62-56)40-10-5-2-6-11-40)18-23-51(44)64-54-21-16-37(33-59)26-47(54)48-27-38(34-60)17-22-55(48)64/h1-30H. The highest BCUT2D eigenvalue weighted by Crippen LogP contribution is 2.41. The largest absolute Gasteiger partial charge is 0.309 e. The smallest absolute Gasteiger partial charge is 0.160 e. The average Bonchev–Trinajstić information content (AvgIpc) is 3.87. The number of rotatable bonds is 6. The molecule has 64 heavy (non-hydrogen) atoms. The van der Waals surface area contributed by atoms with Gasteiger partial charge in [0, 0.05) is 49.5 Å². The molecule has 3 aromatic heterocycles. The SMILES string of the molecule is N#Cc1ccc2c(c1)c1cc(C#N)ccc1n2-c1cccc(-c2cc(-c3nc(-c4ccccc4)cc(-c4ccccc4)n3)ccc2-n2c3ccc(C#N)cc3c3cc(C#N)ccc32)c1. The second kappa shape index (κ2) is 15.1. The van der Waals surface area contributed by atoms with Crippen LogP contribution in [0.3, 0.4) is 0 Å². The van der Waals surface area contributed by atoms with Gasteiger partial charge in [0.2, 0.25) is 0 Å². The van der Waals surface area contributed by atoms with Gasteiger partial charge >= 0.3 is 0 Å². The lowest BCUT2D eigenvalue weighted by atomic mass is 9.99. The zero-order valence-electron chi connectivity index (χ0n) is 33.9. The fourth-order valence-electron chi connectivity index (χ4n) is 8.87. The lowest BCUT2D eigenvalue weighted by molar-refractivity contribution is 1.16. The first-order valence-electron chi connectivity index (χ1n) is 20.5. The lowest BCUT2D eigenvalue weighted by Gasteiger charge is -2.17. The molecule has 3 heterocycles. The van der Waals surface area contributed by atoms with E-state index in [9.17, 15) is 21.0 Å². The minimum absolute atomic E-state index is 0.525. The Morgan fingerprint density at radius 2 is 0.781 bits per heavy atom. The van der Waals surface area contributed by atoms with Gasteiger partial charge in [0.15, 0.2) is 5.82 Å². The number of hydrogen-bond acceptors (Lipinski definition) is 6. The van der Waals surface area contributed by atoms with Crippen molar-refractivity contribution in [3.05, 3.63) is 204 Å². The quantitative estimate of drug-likeness (QED) is 0.164. The Kier molecular flexibility index (Phi) is 8.85. The van der Waals surface area contributed by atoms with E-state index in [-0.39, 0.29) is 0 Å². The van der Waals surface area contributed by atoms with Gasteiger partial charge in [0.1, 0.15) is 0 Å². The molecule has 0 saturated carbocycles. The molecule has 0 aliphatic heterocycles. The lowest BCUT2D eigenvalue weighted by Crippen LogP contribution is -2.01. The third-order valence-electron chi connectivity index (χ3n) is 11.8. The third kappa shape index (κ3) is 6.20. The molecule has 0 N–H and O–H groups in total. The summed E-state index contributed by atoms with van der Waals surface area (Å²) in [5, 5.41) is 43.1. The van der Waals surface area contributed by atoms with Crippen molar-refractivity contribution in [2.75, 3.05) is 0 Å². The van der Waals surface area contributed by atoms with Gasteiger partial charge in [-0.15, -0.1) is 0 Å². The van der Waals surface area contributed by atoms with Gasteiger partial charge in [-0.25, -0.2) is 9.97 Å². The number of benzene rings is 8. The summed E-state index contributed by atoms with van der Waals surface area (Å²) in [6.07, 6.45) is 0. The molecular weight excluding hydrogens is 785 g/mol. The topological polar surface area (TPSA) is 131 Å². The van der Waals surface area contributed by atoms with E-state index in [1.807, 2.05) is 121 Å². The second-order valence-corrected chi connectivity index (χ2v) is 15.5. The second-order valence-electron chi connectivity index (χ2n) is 15.5. The zero-order valence-corrected chi connectivity index (χ0v) is 33.9. The van der Waals surface area contributed by atoms with E-state index in [1.165, 1.54) is 0 Å². The summed E-state index contributed by atoms with van der Waals surface area (Å²) in [7, 11) is 0. The van der Waals surface area contributed by atoms with Crippen LogP contribution in [0.25, 0.3) is 100 Å². The van der Waals surface area contributed by atoms with Crippen molar-refractivity contribution in [3.8, 4) is 80.7 Å². The number of fused-ring (bicyclic) bond motifs is 6. The molecule has 0 radical (unpaired) electrons. The summed E-state index contributed by atoms with van der Waals surface area (Å²) < 4.78 is 4.37.